The normalized spacial score (nSPS) is 17.0. The van der Waals surface area contributed by atoms with Crippen molar-refractivity contribution in [1.82, 2.24) is 0 Å². The predicted molar refractivity (Wildman–Crippen MR) is 164 cm³/mol. The quantitative estimate of drug-likeness (QED) is 0.147. The first-order chi connectivity index (χ1) is 19.7. The van der Waals surface area contributed by atoms with Gasteiger partial charge in [-0.05, 0) is 71.3 Å². The number of esters is 1. The molecule has 1 fully saturated rings. The highest BCUT2D eigenvalue weighted by Gasteiger charge is 2.47. The van der Waals surface area contributed by atoms with Crippen LogP contribution in [0.25, 0.3) is 5.76 Å². The van der Waals surface area contributed by atoms with Crippen molar-refractivity contribution < 1.29 is 29.0 Å². The van der Waals surface area contributed by atoms with Gasteiger partial charge < -0.3 is 14.6 Å². The van der Waals surface area contributed by atoms with Crippen molar-refractivity contribution in [3.63, 3.8) is 0 Å². The molecule has 1 atom stereocenters. The Balaban J connectivity index is 1.93. The number of benzene rings is 3. The Hall–Kier alpha value is -4.39. The summed E-state index contributed by atoms with van der Waals surface area (Å²) in [5.41, 5.74) is 3.35. The molecule has 1 aliphatic rings. The number of carbonyl (C=O) groups excluding carboxylic acids is 3. The van der Waals surface area contributed by atoms with Gasteiger partial charge in [-0.3, -0.25) is 14.5 Å². The smallest absolute Gasteiger partial charge is 0.337 e. The molecule has 1 heterocycles. The van der Waals surface area contributed by atoms with Crippen LogP contribution >= 0.6 is 0 Å². The average Bonchev–Trinajstić information content (AvgIpc) is 3.21. The van der Waals surface area contributed by atoms with E-state index in [1.54, 1.807) is 36.4 Å². The lowest BCUT2D eigenvalue weighted by Crippen LogP contribution is -2.29. The summed E-state index contributed by atoms with van der Waals surface area (Å²) < 4.78 is 10.6. The maximum Gasteiger partial charge on any atom is 0.337 e. The zero-order chi connectivity index (χ0) is 31.0. The Bertz CT molecular complexity index is 1540. The molecule has 0 aromatic heterocycles. The molecule has 42 heavy (non-hydrogen) atoms. The van der Waals surface area contributed by atoms with Gasteiger partial charge in [0.1, 0.15) is 11.5 Å². The van der Waals surface area contributed by atoms with Gasteiger partial charge >= 0.3 is 5.97 Å². The van der Waals surface area contributed by atoms with Crippen molar-refractivity contribution in [2.45, 2.75) is 65.3 Å². The zero-order valence-electron chi connectivity index (χ0n) is 25.6. The van der Waals surface area contributed by atoms with E-state index < -0.39 is 23.7 Å². The van der Waals surface area contributed by atoms with E-state index in [1.807, 2.05) is 58.0 Å². The summed E-state index contributed by atoms with van der Waals surface area (Å²) in [6, 6.07) is 18.4. The molecule has 0 saturated carbocycles. The van der Waals surface area contributed by atoms with Crippen molar-refractivity contribution in [2.24, 2.45) is 0 Å². The second-order valence-corrected chi connectivity index (χ2v) is 12.5. The van der Waals surface area contributed by atoms with Crippen molar-refractivity contribution >= 4 is 29.1 Å². The van der Waals surface area contributed by atoms with Crippen LogP contribution in [-0.4, -0.2) is 36.5 Å². The maximum absolute atomic E-state index is 13.7. The van der Waals surface area contributed by atoms with E-state index in [0.29, 0.717) is 34.7 Å². The van der Waals surface area contributed by atoms with Crippen LogP contribution in [0.5, 0.6) is 5.75 Å². The van der Waals surface area contributed by atoms with Crippen LogP contribution < -0.4 is 9.64 Å². The van der Waals surface area contributed by atoms with E-state index in [2.05, 4.69) is 20.8 Å². The van der Waals surface area contributed by atoms with E-state index >= 15 is 0 Å². The number of anilines is 1. The topological polar surface area (TPSA) is 93.1 Å². The lowest BCUT2D eigenvalue weighted by atomic mass is 9.84. The van der Waals surface area contributed by atoms with E-state index in [9.17, 15) is 19.5 Å². The van der Waals surface area contributed by atoms with Gasteiger partial charge in [-0.1, -0.05) is 65.8 Å². The molecule has 1 unspecified atom stereocenters. The first kappa shape index (κ1) is 30.6. The lowest BCUT2D eigenvalue weighted by Gasteiger charge is -2.27. The molecule has 3 aromatic rings. The molecule has 0 radical (unpaired) electrons. The van der Waals surface area contributed by atoms with Gasteiger partial charge in [0.15, 0.2) is 0 Å². The second-order valence-electron chi connectivity index (χ2n) is 12.5. The number of aliphatic hydroxyl groups excluding tert-OH is 1. The molecule has 4 rings (SSSR count). The number of ketones is 1. The summed E-state index contributed by atoms with van der Waals surface area (Å²) in [6.07, 6.45) is 0. The van der Waals surface area contributed by atoms with Gasteiger partial charge in [-0.15, -0.1) is 0 Å². The van der Waals surface area contributed by atoms with Crippen LogP contribution in [0, 0.1) is 0 Å². The number of Topliss-reactive ketones (excluding diaryl/α,β-unsaturated/α-hetero) is 1. The maximum atomic E-state index is 13.7. The Labute approximate surface area is 247 Å². The van der Waals surface area contributed by atoms with Gasteiger partial charge in [0.25, 0.3) is 11.7 Å². The molecule has 0 aliphatic carbocycles. The third kappa shape index (κ3) is 5.82. The number of amides is 1. The summed E-state index contributed by atoms with van der Waals surface area (Å²) in [5, 5.41) is 11.7. The Morgan fingerprint density at radius 2 is 1.45 bits per heavy atom. The largest absolute Gasteiger partial charge is 0.507 e. The van der Waals surface area contributed by atoms with Crippen molar-refractivity contribution in [1.29, 1.82) is 0 Å². The monoisotopic (exact) mass is 569 g/mol. The number of carbonyl (C=O) groups is 3. The fourth-order valence-electron chi connectivity index (χ4n) is 5.16. The van der Waals surface area contributed by atoms with Gasteiger partial charge in [-0.2, -0.15) is 0 Å². The predicted octanol–water partition coefficient (Wildman–Crippen LogP) is 7.09. The van der Waals surface area contributed by atoms with Crippen LogP contribution in [0.2, 0.25) is 0 Å². The van der Waals surface area contributed by atoms with Crippen molar-refractivity contribution in [3.05, 3.63) is 100 Å². The molecule has 1 saturated heterocycles. The summed E-state index contributed by atoms with van der Waals surface area (Å²) >= 11 is 0. The van der Waals surface area contributed by atoms with Crippen LogP contribution in [0.4, 0.5) is 5.69 Å². The molecule has 7 heteroatoms. The minimum absolute atomic E-state index is 0.00966. The molecule has 220 valence electrons. The van der Waals surface area contributed by atoms with Crippen molar-refractivity contribution in [3.8, 4) is 5.75 Å². The molecule has 1 amide bonds. The highest BCUT2D eigenvalue weighted by Crippen LogP contribution is 2.43. The SMILES string of the molecule is CCOc1ccc(/C(O)=C2/C(=O)C(=O)N(c3ccc(C(=O)OC)cc3)C2c2ccc(C(C)(C)C)cc2)cc1C(C)(C)C. The molecular formula is C35H39NO6. The van der Waals surface area contributed by atoms with Gasteiger partial charge in [0.05, 0.1) is 30.9 Å². The van der Waals surface area contributed by atoms with Crippen LogP contribution in [0.15, 0.2) is 72.3 Å². The van der Waals surface area contributed by atoms with Crippen LogP contribution in [-0.2, 0) is 25.2 Å². The number of ether oxygens (including phenoxy) is 2. The highest BCUT2D eigenvalue weighted by atomic mass is 16.5. The minimum Gasteiger partial charge on any atom is -0.507 e. The van der Waals surface area contributed by atoms with Gasteiger partial charge in [0.2, 0.25) is 0 Å². The first-order valence-corrected chi connectivity index (χ1v) is 14.1. The highest BCUT2D eigenvalue weighted by molar-refractivity contribution is 6.51. The Morgan fingerprint density at radius 3 is 1.98 bits per heavy atom. The number of rotatable bonds is 6. The summed E-state index contributed by atoms with van der Waals surface area (Å²) in [5.74, 6) is -1.64. The van der Waals surface area contributed by atoms with Gasteiger partial charge in [-0.25, -0.2) is 4.79 Å². The van der Waals surface area contributed by atoms with Crippen molar-refractivity contribution in [2.75, 3.05) is 18.6 Å². The summed E-state index contributed by atoms with van der Waals surface area (Å²) in [4.78, 5) is 40.7. The number of aliphatic hydroxyl groups is 1. The lowest BCUT2D eigenvalue weighted by molar-refractivity contribution is -0.132. The Morgan fingerprint density at radius 1 is 0.857 bits per heavy atom. The minimum atomic E-state index is -0.896. The fourth-order valence-corrected chi connectivity index (χ4v) is 5.16. The number of hydrogen-bond acceptors (Lipinski definition) is 6. The summed E-state index contributed by atoms with van der Waals surface area (Å²) in [6.45, 7) is 14.8. The van der Waals surface area contributed by atoms with Crippen LogP contribution in [0.1, 0.15) is 87.1 Å². The molecule has 3 aromatic carbocycles. The van der Waals surface area contributed by atoms with E-state index in [-0.39, 0.29) is 22.2 Å². The first-order valence-electron chi connectivity index (χ1n) is 14.1. The molecule has 0 spiro atoms. The van der Waals surface area contributed by atoms with Crippen LogP contribution in [0.3, 0.4) is 0 Å². The fraction of sp³-hybridized carbons (Fsp3) is 0.343. The third-order valence-corrected chi connectivity index (χ3v) is 7.46. The van der Waals surface area contributed by atoms with E-state index in [1.165, 1.54) is 12.0 Å². The second kappa shape index (κ2) is 11.5. The molecule has 0 bridgehead atoms. The van der Waals surface area contributed by atoms with E-state index in [0.717, 1.165) is 11.1 Å². The van der Waals surface area contributed by atoms with E-state index in [4.69, 9.17) is 9.47 Å². The average molecular weight is 570 g/mol. The Kier molecular flexibility index (Phi) is 8.35. The number of hydrogen-bond donors (Lipinski definition) is 1. The molecule has 1 N–H and O–H groups in total. The van der Waals surface area contributed by atoms with Gasteiger partial charge in [0, 0.05) is 16.8 Å². The number of nitrogens with zero attached hydrogens (tertiary/aromatic N) is 1. The standard InChI is InChI=1S/C35H39NO6/c1-9-42-27-19-14-23(20-26(27)35(5,6)7)30(37)28-29(21-10-15-24(16-11-21)34(2,3)4)36(32(39)31(28)38)25-17-12-22(13-18-25)33(40)41-8/h10-20,29,37H,9H2,1-8H3/b30-28-. The molecule has 7 nitrogen and oxygen atoms in total. The molecule has 1 aliphatic heterocycles. The zero-order valence-corrected chi connectivity index (χ0v) is 25.6. The third-order valence-electron chi connectivity index (χ3n) is 7.46. The molecular weight excluding hydrogens is 530 g/mol. The summed E-state index contributed by atoms with van der Waals surface area (Å²) in [7, 11) is 1.29. The number of methoxy groups -OCH3 is 1.